The Labute approximate surface area is 152 Å². The first kappa shape index (κ1) is 19.8. The monoisotopic (exact) mass is 362 g/mol. The molecule has 1 aromatic carbocycles. The second-order valence-electron chi connectivity index (χ2n) is 6.78. The standard InChI is InChI=1S/C20H24F2N2O2/c1-4-5-16-12-24(18(10-13(2)3)20(26)23-16)19(25)9-7-14-6-8-15(21)11-17(14)22/h4-9,11,13,16,18H,10,12H2,1-3H3,(H,23,26)/t16-,18-/m0/s1. The maximum absolute atomic E-state index is 13.7. The van der Waals surface area contributed by atoms with Crippen LogP contribution in [0.5, 0.6) is 0 Å². The van der Waals surface area contributed by atoms with Gasteiger partial charge in [0.15, 0.2) is 0 Å². The fourth-order valence-corrected chi connectivity index (χ4v) is 2.96. The first-order valence-corrected chi connectivity index (χ1v) is 8.68. The van der Waals surface area contributed by atoms with Crippen LogP contribution < -0.4 is 5.32 Å². The van der Waals surface area contributed by atoms with Gasteiger partial charge in [0.1, 0.15) is 17.7 Å². The molecule has 0 aliphatic carbocycles. The van der Waals surface area contributed by atoms with Crippen LogP contribution in [0.1, 0.15) is 32.8 Å². The smallest absolute Gasteiger partial charge is 0.247 e. The molecule has 2 rings (SSSR count). The molecule has 2 amide bonds. The van der Waals surface area contributed by atoms with E-state index in [1.54, 1.807) is 0 Å². The molecule has 1 heterocycles. The van der Waals surface area contributed by atoms with E-state index < -0.39 is 17.7 Å². The Morgan fingerprint density at radius 3 is 2.73 bits per heavy atom. The van der Waals surface area contributed by atoms with Gasteiger partial charge in [-0.15, -0.1) is 0 Å². The number of piperazine rings is 1. The molecule has 140 valence electrons. The van der Waals surface area contributed by atoms with Crippen molar-refractivity contribution in [1.29, 1.82) is 0 Å². The van der Waals surface area contributed by atoms with Gasteiger partial charge in [0.2, 0.25) is 11.8 Å². The van der Waals surface area contributed by atoms with Gasteiger partial charge in [-0.1, -0.05) is 26.0 Å². The molecule has 1 N–H and O–H groups in total. The van der Waals surface area contributed by atoms with Crippen molar-refractivity contribution >= 4 is 17.9 Å². The van der Waals surface area contributed by atoms with Gasteiger partial charge in [0.25, 0.3) is 0 Å². The number of nitrogens with zero attached hydrogens (tertiary/aromatic N) is 1. The second kappa shape index (κ2) is 8.74. The van der Waals surface area contributed by atoms with Crippen molar-refractivity contribution in [2.24, 2.45) is 5.92 Å². The van der Waals surface area contributed by atoms with Crippen LogP contribution >= 0.6 is 0 Å². The fraction of sp³-hybridized carbons (Fsp3) is 0.400. The number of hydrogen-bond acceptors (Lipinski definition) is 2. The highest BCUT2D eigenvalue weighted by atomic mass is 19.1. The van der Waals surface area contributed by atoms with Gasteiger partial charge in [-0.3, -0.25) is 9.59 Å². The lowest BCUT2D eigenvalue weighted by Gasteiger charge is -2.38. The van der Waals surface area contributed by atoms with Crippen molar-refractivity contribution in [2.75, 3.05) is 6.54 Å². The van der Waals surface area contributed by atoms with E-state index in [2.05, 4.69) is 5.32 Å². The number of benzene rings is 1. The van der Waals surface area contributed by atoms with Gasteiger partial charge in [0.05, 0.1) is 6.04 Å². The third-order valence-electron chi connectivity index (χ3n) is 4.17. The fourth-order valence-electron chi connectivity index (χ4n) is 2.96. The summed E-state index contributed by atoms with van der Waals surface area (Å²) in [7, 11) is 0. The van der Waals surface area contributed by atoms with E-state index >= 15 is 0 Å². The van der Waals surface area contributed by atoms with Crippen molar-refractivity contribution in [1.82, 2.24) is 10.2 Å². The Morgan fingerprint density at radius 2 is 2.12 bits per heavy atom. The molecule has 0 bridgehead atoms. The molecule has 1 saturated heterocycles. The number of rotatable bonds is 5. The van der Waals surface area contributed by atoms with Crippen LogP contribution in [-0.4, -0.2) is 35.3 Å². The summed E-state index contributed by atoms with van der Waals surface area (Å²) in [5.74, 6) is -1.75. The Kier molecular flexibility index (Phi) is 6.66. The van der Waals surface area contributed by atoms with Crippen molar-refractivity contribution in [2.45, 2.75) is 39.3 Å². The molecule has 1 aliphatic heterocycles. The highest BCUT2D eigenvalue weighted by molar-refractivity contribution is 5.96. The van der Waals surface area contributed by atoms with E-state index in [4.69, 9.17) is 0 Å². The minimum Gasteiger partial charge on any atom is -0.346 e. The normalized spacial score (nSPS) is 21.0. The van der Waals surface area contributed by atoms with Gasteiger partial charge in [-0.2, -0.15) is 0 Å². The Hall–Kier alpha value is -2.50. The molecule has 2 atom stereocenters. The van der Waals surface area contributed by atoms with Crippen molar-refractivity contribution < 1.29 is 18.4 Å². The Bertz CT molecular complexity index is 729. The van der Waals surface area contributed by atoms with Crippen LogP contribution in [-0.2, 0) is 9.59 Å². The first-order chi connectivity index (χ1) is 12.3. The summed E-state index contributed by atoms with van der Waals surface area (Å²) in [6, 6.07) is 2.35. The molecular weight excluding hydrogens is 338 g/mol. The molecule has 0 saturated carbocycles. The lowest BCUT2D eigenvalue weighted by atomic mass is 9.98. The highest BCUT2D eigenvalue weighted by Gasteiger charge is 2.35. The van der Waals surface area contributed by atoms with E-state index in [0.29, 0.717) is 13.0 Å². The summed E-state index contributed by atoms with van der Waals surface area (Å²) in [5.41, 5.74) is 0.117. The number of hydrogen-bond donors (Lipinski definition) is 1. The number of carbonyl (C=O) groups is 2. The van der Waals surface area contributed by atoms with E-state index in [9.17, 15) is 18.4 Å². The third-order valence-corrected chi connectivity index (χ3v) is 4.17. The molecule has 1 aromatic rings. The van der Waals surface area contributed by atoms with Crippen molar-refractivity contribution in [3.05, 3.63) is 53.6 Å². The maximum atomic E-state index is 13.7. The van der Waals surface area contributed by atoms with Crippen LogP contribution in [0.3, 0.4) is 0 Å². The van der Waals surface area contributed by atoms with Crippen LogP contribution in [0, 0.1) is 17.6 Å². The Morgan fingerprint density at radius 1 is 1.38 bits per heavy atom. The lowest BCUT2D eigenvalue weighted by molar-refractivity contribution is -0.141. The summed E-state index contributed by atoms with van der Waals surface area (Å²) in [6.07, 6.45) is 6.72. The highest BCUT2D eigenvalue weighted by Crippen LogP contribution is 2.18. The lowest BCUT2D eigenvalue weighted by Crippen LogP contribution is -2.61. The largest absolute Gasteiger partial charge is 0.346 e. The van der Waals surface area contributed by atoms with Crippen LogP contribution in [0.15, 0.2) is 36.4 Å². The molecule has 0 spiro atoms. The van der Waals surface area contributed by atoms with Gasteiger partial charge in [0, 0.05) is 24.3 Å². The Balaban J connectivity index is 2.22. The molecule has 26 heavy (non-hydrogen) atoms. The van der Waals surface area contributed by atoms with Crippen LogP contribution in [0.4, 0.5) is 8.78 Å². The maximum Gasteiger partial charge on any atom is 0.247 e. The minimum atomic E-state index is -0.740. The average molecular weight is 362 g/mol. The van der Waals surface area contributed by atoms with Gasteiger partial charge < -0.3 is 10.2 Å². The summed E-state index contributed by atoms with van der Waals surface area (Å²) < 4.78 is 26.7. The van der Waals surface area contributed by atoms with E-state index in [0.717, 1.165) is 12.1 Å². The van der Waals surface area contributed by atoms with Crippen molar-refractivity contribution in [3.8, 4) is 0 Å². The molecule has 1 aliphatic rings. The predicted molar refractivity (Wildman–Crippen MR) is 97.1 cm³/mol. The first-order valence-electron chi connectivity index (χ1n) is 8.68. The van der Waals surface area contributed by atoms with E-state index in [-0.39, 0.29) is 29.3 Å². The average Bonchev–Trinajstić information content (AvgIpc) is 2.56. The number of halogens is 2. The number of allylic oxidation sites excluding steroid dienone is 1. The quantitative estimate of drug-likeness (QED) is 0.645. The summed E-state index contributed by atoms with van der Waals surface area (Å²) in [5, 5.41) is 2.90. The molecule has 4 nitrogen and oxygen atoms in total. The molecule has 1 fully saturated rings. The van der Waals surface area contributed by atoms with Gasteiger partial charge in [-0.05, 0) is 37.5 Å². The molecular formula is C20H24F2N2O2. The molecule has 0 radical (unpaired) electrons. The van der Waals surface area contributed by atoms with Gasteiger partial charge >= 0.3 is 0 Å². The molecule has 6 heteroatoms. The summed E-state index contributed by atoms with van der Waals surface area (Å²) in [4.78, 5) is 26.6. The van der Waals surface area contributed by atoms with E-state index in [1.807, 2.05) is 32.9 Å². The molecule has 0 aromatic heterocycles. The summed E-state index contributed by atoms with van der Waals surface area (Å²) >= 11 is 0. The second-order valence-corrected chi connectivity index (χ2v) is 6.78. The van der Waals surface area contributed by atoms with Crippen LogP contribution in [0.2, 0.25) is 0 Å². The number of nitrogens with one attached hydrogen (secondary N) is 1. The topological polar surface area (TPSA) is 49.4 Å². The zero-order chi connectivity index (χ0) is 19.3. The minimum absolute atomic E-state index is 0.117. The summed E-state index contributed by atoms with van der Waals surface area (Å²) in [6.45, 7) is 6.16. The van der Waals surface area contributed by atoms with Crippen LogP contribution in [0.25, 0.3) is 6.08 Å². The number of amides is 2. The zero-order valence-corrected chi connectivity index (χ0v) is 15.2. The van der Waals surface area contributed by atoms with E-state index in [1.165, 1.54) is 23.1 Å². The zero-order valence-electron chi connectivity index (χ0n) is 15.2. The SMILES string of the molecule is CC=C[C@H]1CN(C(=O)C=Cc2ccc(F)cc2F)[C@@H](CC(C)C)C(=O)N1. The predicted octanol–water partition coefficient (Wildman–Crippen LogP) is 3.30. The van der Waals surface area contributed by atoms with Crippen molar-refractivity contribution in [3.63, 3.8) is 0 Å². The molecule has 0 unspecified atom stereocenters. The number of carbonyl (C=O) groups excluding carboxylic acids is 2. The third kappa shape index (κ3) is 5.00. The van der Waals surface area contributed by atoms with Gasteiger partial charge in [-0.25, -0.2) is 8.78 Å².